The van der Waals surface area contributed by atoms with E-state index in [1.54, 1.807) is 0 Å². The highest BCUT2D eigenvalue weighted by Crippen LogP contribution is 2.38. The summed E-state index contributed by atoms with van der Waals surface area (Å²) in [5.74, 6) is 0. The highest BCUT2D eigenvalue weighted by Gasteiger charge is 2.33. The average molecular weight is 255 g/mol. The number of hydrogen-bond donors (Lipinski definition) is 2. The van der Waals surface area contributed by atoms with Crippen LogP contribution in [0.5, 0.6) is 0 Å². The van der Waals surface area contributed by atoms with Gasteiger partial charge in [-0.15, -0.1) is 0 Å². The zero-order valence-electron chi connectivity index (χ0n) is 10.1. The molecule has 94 valence electrons. The van der Waals surface area contributed by atoms with Crippen molar-refractivity contribution in [1.82, 2.24) is 4.90 Å². The van der Waals surface area contributed by atoms with Gasteiger partial charge in [0.2, 0.25) is 0 Å². The number of hydrogen-bond acceptors (Lipinski definition) is 3. The fourth-order valence-electron chi connectivity index (χ4n) is 2.64. The third-order valence-corrected chi connectivity index (χ3v) is 3.98. The van der Waals surface area contributed by atoms with E-state index in [4.69, 9.17) is 17.3 Å². The largest absolute Gasteiger partial charge is 0.395 e. The van der Waals surface area contributed by atoms with Crippen LogP contribution in [0.25, 0.3) is 0 Å². The molecule has 0 fully saturated rings. The maximum absolute atomic E-state index is 9.43. The summed E-state index contributed by atoms with van der Waals surface area (Å²) in [6.07, 6.45) is 0.915. The Labute approximate surface area is 107 Å². The van der Waals surface area contributed by atoms with E-state index in [0.717, 1.165) is 23.6 Å². The summed E-state index contributed by atoms with van der Waals surface area (Å²) < 4.78 is 0. The SMILES string of the molecule is CCC(CO)N1Cc2c(Cl)cccc2C1CN. The van der Waals surface area contributed by atoms with Gasteiger partial charge in [0, 0.05) is 30.2 Å². The summed E-state index contributed by atoms with van der Waals surface area (Å²) in [5, 5.41) is 10.2. The Morgan fingerprint density at radius 1 is 1.59 bits per heavy atom. The highest BCUT2D eigenvalue weighted by molar-refractivity contribution is 6.31. The summed E-state index contributed by atoms with van der Waals surface area (Å²) in [5.41, 5.74) is 8.25. The minimum absolute atomic E-state index is 0.159. The summed E-state index contributed by atoms with van der Waals surface area (Å²) in [7, 11) is 0. The normalized spacial score (nSPS) is 21.5. The summed E-state index contributed by atoms with van der Waals surface area (Å²) in [6, 6.07) is 6.31. The Balaban J connectivity index is 2.34. The molecule has 0 bridgehead atoms. The highest BCUT2D eigenvalue weighted by atomic mass is 35.5. The lowest BCUT2D eigenvalue weighted by molar-refractivity contribution is 0.0895. The van der Waals surface area contributed by atoms with Crippen LogP contribution < -0.4 is 5.73 Å². The molecule has 3 nitrogen and oxygen atoms in total. The zero-order chi connectivity index (χ0) is 12.4. The first-order valence-corrected chi connectivity index (χ1v) is 6.44. The van der Waals surface area contributed by atoms with Gasteiger partial charge in [-0.1, -0.05) is 30.7 Å². The van der Waals surface area contributed by atoms with Gasteiger partial charge in [-0.05, 0) is 23.6 Å². The predicted octanol–water partition coefficient (Wildman–Crippen LogP) is 1.93. The second kappa shape index (κ2) is 5.36. The third kappa shape index (κ3) is 2.20. The van der Waals surface area contributed by atoms with Gasteiger partial charge >= 0.3 is 0 Å². The number of fused-ring (bicyclic) bond motifs is 1. The van der Waals surface area contributed by atoms with Gasteiger partial charge in [0.25, 0.3) is 0 Å². The van der Waals surface area contributed by atoms with Crippen LogP contribution in [0.4, 0.5) is 0 Å². The quantitative estimate of drug-likeness (QED) is 0.863. The van der Waals surface area contributed by atoms with Crippen molar-refractivity contribution in [2.75, 3.05) is 13.2 Å². The van der Waals surface area contributed by atoms with E-state index in [2.05, 4.69) is 17.9 Å². The van der Waals surface area contributed by atoms with Crippen LogP contribution in [-0.2, 0) is 6.54 Å². The number of nitrogens with two attached hydrogens (primary N) is 1. The topological polar surface area (TPSA) is 49.5 Å². The number of aliphatic hydroxyl groups is 1. The van der Waals surface area contributed by atoms with Gasteiger partial charge in [-0.3, -0.25) is 4.90 Å². The lowest BCUT2D eigenvalue weighted by atomic mass is 10.0. The monoisotopic (exact) mass is 254 g/mol. The van der Waals surface area contributed by atoms with Crippen molar-refractivity contribution in [3.63, 3.8) is 0 Å². The minimum Gasteiger partial charge on any atom is -0.395 e. The molecular weight excluding hydrogens is 236 g/mol. The van der Waals surface area contributed by atoms with Crippen molar-refractivity contribution in [3.05, 3.63) is 34.3 Å². The second-order valence-corrected chi connectivity index (χ2v) is 4.88. The summed E-state index contributed by atoms with van der Waals surface area (Å²) in [6.45, 7) is 3.59. The molecule has 0 saturated heterocycles. The van der Waals surface area contributed by atoms with Crippen molar-refractivity contribution in [2.45, 2.75) is 32.0 Å². The van der Waals surface area contributed by atoms with Gasteiger partial charge < -0.3 is 10.8 Å². The van der Waals surface area contributed by atoms with E-state index in [9.17, 15) is 5.11 Å². The fourth-order valence-corrected chi connectivity index (χ4v) is 2.88. The van der Waals surface area contributed by atoms with Crippen LogP contribution in [0.2, 0.25) is 5.02 Å². The molecule has 0 saturated carbocycles. The third-order valence-electron chi connectivity index (χ3n) is 3.63. The smallest absolute Gasteiger partial charge is 0.0587 e. The van der Waals surface area contributed by atoms with Crippen LogP contribution in [0, 0.1) is 0 Å². The lowest BCUT2D eigenvalue weighted by Crippen LogP contribution is -2.38. The summed E-state index contributed by atoms with van der Waals surface area (Å²) in [4.78, 5) is 2.26. The number of rotatable bonds is 4. The van der Waals surface area contributed by atoms with E-state index >= 15 is 0 Å². The molecule has 0 spiro atoms. The van der Waals surface area contributed by atoms with Gasteiger partial charge in [0.15, 0.2) is 0 Å². The molecule has 2 atom stereocenters. The number of aliphatic hydroxyl groups excluding tert-OH is 1. The minimum atomic E-state index is 0.159. The van der Waals surface area contributed by atoms with E-state index < -0.39 is 0 Å². The van der Waals surface area contributed by atoms with E-state index in [-0.39, 0.29) is 18.7 Å². The Kier molecular flexibility index (Phi) is 4.05. The standard InChI is InChI=1S/C13H19ClN2O/c1-2-9(8-17)16-7-11-10(13(16)6-15)4-3-5-12(11)14/h3-5,9,13,17H,2,6-8,15H2,1H3. The summed E-state index contributed by atoms with van der Waals surface area (Å²) >= 11 is 6.22. The maximum atomic E-state index is 9.43. The first-order valence-electron chi connectivity index (χ1n) is 6.06. The fraction of sp³-hybridized carbons (Fsp3) is 0.538. The molecule has 0 radical (unpaired) electrons. The first kappa shape index (κ1) is 12.8. The first-order chi connectivity index (χ1) is 8.22. The molecule has 1 aromatic rings. The number of halogens is 1. The van der Waals surface area contributed by atoms with Crippen LogP contribution >= 0.6 is 11.6 Å². The molecule has 0 aromatic heterocycles. The molecule has 17 heavy (non-hydrogen) atoms. The van der Waals surface area contributed by atoms with Crippen LogP contribution in [0.15, 0.2) is 18.2 Å². The van der Waals surface area contributed by atoms with Gasteiger partial charge in [-0.25, -0.2) is 0 Å². The zero-order valence-corrected chi connectivity index (χ0v) is 10.8. The molecule has 2 unspecified atom stereocenters. The van der Waals surface area contributed by atoms with Crippen LogP contribution in [0.3, 0.4) is 0 Å². The Hall–Kier alpha value is -0.610. The average Bonchev–Trinajstić information content (AvgIpc) is 2.71. The Morgan fingerprint density at radius 2 is 2.35 bits per heavy atom. The van der Waals surface area contributed by atoms with Crippen molar-refractivity contribution in [2.24, 2.45) is 5.73 Å². The molecule has 0 amide bonds. The van der Waals surface area contributed by atoms with Crippen molar-refractivity contribution < 1.29 is 5.11 Å². The van der Waals surface area contributed by atoms with Gasteiger partial charge in [0.1, 0.15) is 0 Å². The molecule has 1 heterocycles. The van der Waals surface area contributed by atoms with Gasteiger partial charge in [0.05, 0.1) is 6.61 Å². The molecule has 0 aliphatic carbocycles. The number of nitrogens with zero attached hydrogens (tertiary/aromatic N) is 1. The van der Waals surface area contributed by atoms with Gasteiger partial charge in [-0.2, -0.15) is 0 Å². The second-order valence-electron chi connectivity index (χ2n) is 4.48. The van der Waals surface area contributed by atoms with Crippen molar-refractivity contribution >= 4 is 11.6 Å². The van der Waals surface area contributed by atoms with Crippen molar-refractivity contribution in [3.8, 4) is 0 Å². The molecule has 2 rings (SSSR count). The molecule has 1 aromatic carbocycles. The predicted molar refractivity (Wildman–Crippen MR) is 70.0 cm³/mol. The van der Waals surface area contributed by atoms with E-state index in [1.807, 2.05) is 12.1 Å². The molecule has 3 N–H and O–H groups in total. The molecule has 4 heteroatoms. The van der Waals surface area contributed by atoms with E-state index in [1.165, 1.54) is 5.56 Å². The Morgan fingerprint density at radius 3 is 2.94 bits per heavy atom. The van der Waals surface area contributed by atoms with E-state index in [0.29, 0.717) is 6.54 Å². The molecular formula is C13H19ClN2O. The van der Waals surface area contributed by atoms with Crippen LogP contribution in [-0.4, -0.2) is 29.2 Å². The maximum Gasteiger partial charge on any atom is 0.0587 e. The lowest BCUT2D eigenvalue weighted by Gasteiger charge is -2.30. The Bertz CT molecular complexity index is 393. The number of benzene rings is 1. The van der Waals surface area contributed by atoms with Crippen molar-refractivity contribution in [1.29, 1.82) is 0 Å². The molecule has 1 aliphatic rings. The van der Waals surface area contributed by atoms with Crippen LogP contribution in [0.1, 0.15) is 30.5 Å². The molecule has 1 aliphatic heterocycles.